The highest BCUT2D eigenvalue weighted by Crippen LogP contribution is 2.17. The van der Waals surface area contributed by atoms with Crippen molar-refractivity contribution in [1.29, 1.82) is 0 Å². The molecular weight excluding hydrogens is 244 g/mol. The van der Waals surface area contributed by atoms with Crippen LogP contribution in [0, 0.1) is 5.92 Å². The van der Waals surface area contributed by atoms with E-state index in [-0.39, 0.29) is 18.4 Å². The van der Waals surface area contributed by atoms with E-state index in [0.29, 0.717) is 0 Å². The van der Waals surface area contributed by atoms with Crippen molar-refractivity contribution in [2.24, 2.45) is 5.92 Å². The molecule has 3 N–H and O–H groups in total. The number of benzene rings is 1. The molecule has 5 nitrogen and oxygen atoms in total. The van der Waals surface area contributed by atoms with Gasteiger partial charge in [0.1, 0.15) is 5.75 Å². The van der Waals surface area contributed by atoms with Crippen LogP contribution < -0.4 is 15.4 Å². The molecule has 0 bridgehead atoms. The van der Waals surface area contributed by atoms with Crippen LogP contribution in [-0.2, 0) is 4.79 Å². The van der Waals surface area contributed by atoms with E-state index in [1.807, 2.05) is 0 Å². The van der Waals surface area contributed by atoms with Crippen LogP contribution in [0.5, 0.6) is 5.75 Å². The summed E-state index contributed by atoms with van der Waals surface area (Å²) in [6.45, 7) is 1.85. The van der Waals surface area contributed by atoms with E-state index in [1.54, 1.807) is 31.4 Å². The lowest BCUT2D eigenvalue weighted by Crippen LogP contribution is -2.34. The van der Waals surface area contributed by atoms with E-state index >= 15 is 0 Å². The van der Waals surface area contributed by atoms with E-state index in [4.69, 9.17) is 4.74 Å². The number of methoxy groups -OCH3 is 1. The fraction of sp³-hybridized carbons (Fsp3) is 0.500. The van der Waals surface area contributed by atoms with E-state index in [1.165, 1.54) is 0 Å². The molecule has 0 aliphatic carbocycles. The standard InChI is InChI=1S/C14H20N2O3/c1-19-12-4-2-10(3-5-12)13(17)9-16-14(18)11-6-7-15-8-11/h2-5,11,13,15,17H,6-9H2,1H3,(H,16,18). The zero-order valence-electron chi connectivity index (χ0n) is 11.1. The van der Waals surface area contributed by atoms with Crippen LogP contribution >= 0.6 is 0 Å². The maximum absolute atomic E-state index is 11.8. The Hall–Kier alpha value is -1.59. The number of hydrogen-bond acceptors (Lipinski definition) is 4. The Morgan fingerprint density at radius 2 is 2.26 bits per heavy atom. The van der Waals surface area contributed by atoms with Gasteiger partial charge < -0.3 is 20.5 Å². The minimum atomic E-state index is -0.691. The van der Waals surface area contributed by atoms with Gasteiger partial charge in [-0.1, -0.05) is 12.1 Å². The van der Waals surface area contributed by atoms with Crippen molar-refractivity contribution >= 4 is 5.91 Å². The largest absolute Gasteiger partial charge is 0.497 e. The molecule has 1 aliphatic rings. The normalized spacial score (nSPS) is 20.0. The van der Waals surface area contributed by atoms with Gasteiger partial charge in [-0.25, -0.2) is 0 Å². The Kier molecular flexibility index (Phi) is 4.76. The number of nitrogens with one attached hydrogen (secondary N) is 2. The summed E-state index contributed by atoms with van der Waals surface area (Å²) in [4.78, 5) is 11.8. The zero-order valence-corrected chi connectivity index (χ0v) is 11.1. The number of carbonyl (C=O) groups excluding carboxylic acids is 1. The van der Waals surface area contributed by atoms with Crippen LogP contribution in [0.15, 0.2) is 24.3 Å². The molecule has 1 amide bonds. The second-order valence-corrected chi connectivity index (χ2v) is 4.72. The Morgan fingerprint density at radius 1 is 1.53 bits per heavy atom. The topological polar surface area (TPSA) is 70.6 Å². The van der Waals surface area contributed by atoms with Gasteiger partial charge in [0.05, 0.1) is 19.1 Å². The summed E-state index contributed by atoms with van der Waals surface area (Å²) in [6, 6.07) is 7.18. The monoisotopic (exact) mass is 264 g/mol. The molecule has 1 aromatic rings. The lowest BCUT2D eigenvalue weighted by molar-refractivity contribution is -0.124. The molecule has 1 heterocycles. The average Bonchev–Trinajstić information content (AvgIpc) is 2.98. The molecule has 1 saturated heterocycles. The highest BCUT2D eigenvalue weighted by atomic mass is 16.5. The fourth-order valence-corrected chi connectivity index (χ4v) is 2.16. The smallest absolute Gasteiger partial charge is 0.224 e. The Bertz CT molecular complexity index is 413. The summed E-state index contributed by atoms with van der Waals surface area (Å²) in [6.07, 6.45) is 0.175. The van der Waals surface area contributed by atoms with Crippen molar-refractivity contribution < 1.29 is 14.6 Å². The van der Waals surface area contributed by atoms with Crippen molar-refractivity contribution in [3.05, 3.63) is 29.8 Å². The third kappa shape index (κ3) is 3.68. The lowest BCUT2D eigenvalue weighted by atomic mass is 10.1. The molecule has 1 fully saturated rings. The molecule has 2 unspecified atom stereocenters. The molecule has 1 aliphatic heterocycles. The van der Waals surface area contributed by atoms with E-state index in [0.717, 1.165) is 30.8 Å². The second-order valence-electron chi connectivity index (χ2n) is 4.72. The van der Waals surface area contributed by atoms with Gasteiger partial charge in [0, 0.05) is 13.1 Å². The first-order valence-electron chi connectivity index (χ1n) is 6.51. The van der Waals surface area contributed by atoms with Crippen LogP contribution in [0.3, 0.4) is 0 Å². The number of hydrogen-bond donors (Lipinski definition) is 3. The predicted molar refractivity (Wildman–Crippen MR) is 71.9 cm³/mol. The zero-order chi connectivity index (χ0) is 13.7. The van der Waals surface area contributed by atoms with Crippen LogP contribution in [0.2, 0.25) is 0 Å². The van der Waals surface area contributed by atoms with Gasteiger partial charge in [0.25, 0.3) is 0 Å². The summed E-state index contributed by atoms with van der Waals surface area (Å²) < 4.78 is 5.06. The molecule has 0 spiro atoms. The quantitative estimate of drug-likeness (QED) is 0.722. The van der Waals surface area contributed by atoms with Crippen molar-refractivity contribution in [1.82, 2.24) is 10.6 Å². The van der Waals surface area contributed by atoms with Crippen molar-refractivity contribution in [2.75, 3.05) is 26.7 Å². The molecule has 2 rings (SSSR count). The molecule has 2 atom stereocenters. The maximum Gasteiger partial charge on any atom is 0.224 e. The van der Waals surface area contributed by atoms with Crippen LogP contribution in [0.25, 0.3) is 0 Å². The summed E-state index contributed by atoms with van der Waals surface area (Å²) in [5.41, 5.74) is 0.769. The highest BCUT2D eigenvalue weighted by molar-refractivity contribution is 5.79. The van der Waals surface area contributed by atoms with Crippen LogP contribution in [0.1, 0.15) is 18.1 Å². The van der Waals surface area contributed by atoms with Gasteiger partial charge in [-0.05, 0) is 30.7 Å². The molecule has 5 heteroatoms. The van der Waals surface area contributed by atoms with Crippen LogP contribution in [0.4, 0.5) is 0 Å². The second kappa shape index (κ2) is 6.54. The fourth-order valence-electron chi connectivity index (χ4n) is 2.16. The van der Waals surface area contributed by atoms with Gasteiger partial charge in [-0.2, -0.15) is 0 Å². The van der Waals surface area contributed by atoms with Gasteiger partial charge in [-0.15, -0.1) is 0 Å². The maximum atomic E-state index is 11.8. The van der Waals surface area contributed by atoms with Crippen molar-refractivity contribution in [2.45, 2.75) is 12.5 Å². The first kappa shape index (κ1) is 13.8. The first-order chi connectivity index (χ1) is 9.20. The molecule has 0 aromatic heterocycles. The van der Waals surface area contributed by atoms with E-state index in [9.17, 15) is 9.90 Å². The number of ether oxygens (including phenoxy) is 1. The average molecular weight is 264 g/mol. The Labute approximate surface area is 113 Å². The summed E-state index contributed by atoms with van der Waals surface area (Å²) >= 11 is 0. The lowest BCUT2D eigenvalue weighted by Gasteiger charge is -2.14. The summed E-state index contributed by atoms with van der Waals surface area (Å²) in [7, 11) is 1.60. The van der Waals surface area contributed by atoms with Gasteiger partial charge in [0.2, 0.25) is 5.91 Å². The Morgan fingerprint density at radius 3 is 2.84 bits per heavy atom. The molecule has 104 valence electrons. The van der Waals surface area contributed by atoms with Gasteiger partial charge in [0.15, 0.2) is 0 Å². The third-order valence-corrected chi connectivity index (χ3v) is 3.40. The van der Waals surface area contributed by atoms with E-state index < -0.39 is 6.10 Å². The Balaban J connectivity index is 1.82. The predicted octanol–water partition coefficient (Wildman–Crippen LogP) is 0.454. The third-order valence-electron chi connectivity index (χ3n) is 3.40. The molecule has 0 radical (unpaired) electrons. The minimum absolute atomic E-state index is 0.0116. The number of rotatable bonds is 5. The minimum Gasteiger partial charge on any atom is -0.497 e. The molecular formula is C14H20N2O3. The number of carbonyl (C=O) groups is 1. The van der Waals surface area contributed by atoms with Crippen LogP contribution in [-0.4, -0.2) is 37.8 Å². The molecule has 0 saturated carbocycles. The van der Waals surface area contributed by atoms with Crippen molar-refractivity contribution in [3.63, 3.8) is 0 Å². The van der Waals surface area contributed by atoms with Gasteiger partial charge in [-0.3, -0.25) is 4.79 Å². The molecule has 1 aromatic carbocycles. The number of aliphatic hydroxyl groups excluding tert-OH is 1. The highest BCUT2D eigenvalue weighted by Gasteiger charge is 2.22. The number of amides is 1. The van der Waals surface area contributed by atoms with Gasteiger partial charge >= 0.3 is 0 Å². The van der Waals surface area contributed by atoms with Crippen molar-refractivity contribution in [3.8, 4) is 5.75 Å². The number of aliphatic hydroxyl groups is 1. The summed E-state index contributed by atoms with van der Waals surface area (Å²) in [5, 5.41) is 15.9. The summed E-state index contributed by atoms with van der Waals surface area (Å²) in [5.74, 6) is 0.789. The first-order valence-corrected chi connectivity index (χ1v) is 6.51. The molecule has 19 heavy (non-hydrogen) atoms. The van der Waals surface area contributed by atoms with E-state index in [2.05, 4.69) is 10.6 Å². The SMILES string of the molecule is COc1ccc(C(O)CNC(=O)C2CCNC2)cc1.